The van der Waals surface area contributed by atoms with E-state index in [1.807, 2.05) is 0 Å². The van der Waals surface area contributed by atoms with Gasteiger partial charge in [-0.2, -0.15) is 0 Å². The van der Waals surface area contributed by atoms with E-state index in [0.717, 1.165) is 5.56 Å². The zero-order chi connectivity index (χ0) is 9.97. The molecule has 70 valence electrons. The lowest BCUT2D eigenvalue weighted by Gasteiger charge is -1.91. The van der Waals surface area contributed by atoms with Gasteiger partial charge in [-0.1, -0.05) is 17.9 Å². The molecule has 0 radical (unpaired) electrons. The topological polar surface area (TPSA) is 43.1 Å². The van der Waals surface area contributed by atoms with Crippen molar-refractivity contribution in [2.45, 2.75) is 12.8 Å². The van der Waals surface area contributed by atoms with Crippen LogP contribution in [0.25, 0.3) is 0 Å². The lowest BCUT2D eigenvalue weighted by atomic mass is 10.2. The largest absolute Gasteiger partial charge is 0.270 e. The Hall–Kier alpha value is -1.82. The quantitative estimate of drug-likeness (QED) is 0.385. The first-order chi connectivity index (χ1) is 6.75. The molecule has 14 heavy (non-hydrogen) atoms. The highest BCUT2D eigenvalue weighted by Gasteiger charge is 2.17. The molecule has 1 aliphatic carbocycles. The van der Waals surface area contributed by atoms with Gasteiger partial charge in [0.1, 0.15) is 0 Å². The fourth-order valence-electron chi connectivity index (χ4n) is 1.11. The zero-order valence-corrected chi connectivity index (χ0v) is 7.56. The summed E-state index contributed by atoms with van der Waals surface area (Å²) in [6, 6.07) is 6.44. The molecule has 0 saturated heterocycles. The summed E-state index contributed by atoms with van der Waals surface area (Å²) in [5.74, 6) is 6.54. The lowest BCUT2D eigenvalue weighted by Crippen LogP contribution is -1.87. The van der Waals surface area contributed by atoms with Gasteiger partial charge in [0.25, 0.3) is 5.69 Å². The molecular weight excluding hydrogens is 178 g/mol. The van der Waals surface area contributed by atoms with Gasteiger partial charge in [0.05, 0.1) is 4.92 Å². The molecule has 0 atom stereocenters. The van der Waals surface area contributed by atoms with Crippen molar-refractivity contribution in [2.24, 2.45) is 5.92 Å². The Morgan fingerprint density at radius 1 is 1.43 bits per heavy atom. The van der Waals surface area contributed by atoms with E-state index >= 15 is 0 Å². The van der Waals surface area contributed by atoms with Crippen molar-refractivity contribution < 1.29 is 4.92 Å². The summed E-state index contributed by atoms with van der Waals surface area (Å²) in [6.45, 7) is 0. The number of non-ortho nitro benzene ring substituents is 1. The maximum absolute atomic E-state index is 10.5. The minimum atomic E-state index is -0.400. The van der Waals surface area contributed by atoms with E-state index in [0.29, 0.717) is 5.92 Å². The Labute approximate surface area is 81.9 Å². The molecule has 1 aliphatic rings. The molecule has 0 bridgehead atoms. The summed E-state index contributed by atoms with van der Waals surface area (Å²) in [6.07, 6.45) is 2.34. The Morgan fingerprint density at radius 2 is 2.21 bits per heavy atom. The van der Waals surface area contributed by atoms with E-state index in [9.17, 15) is 10.1 Å². The number of nitro benzene ring substituents is 1. The molecule has 1 aromatic carbocycles. The molecule has 3 nitrogen and oxygen atoms in total. The monoisotopic (exact) mass is 187 g/mol. The summed E-state index contributed by atoms with van der Waals surface area (Å²) in [7, 11) is 0. The summed E-state index contributed by atoms with van der Waals surface area (Å²) in [4.78, 5) is 10.1. The second-order valence-corrected chi connectivity index (χ2v) is 3.35. The smallest absolute Gasteiger partial charge is 0.258 e. The third-order valence-corrected chi connectivity index (χ3v) is 2.05. The van der Waals surface area contributed by atoms with Crippen LogP contribution in [-0.4, -0.2) is 4.92 Å². The first-order valence-electron chi connectivity index (χ1n) is 4.52. The van der Waals surface area contributed by atoms with Gasteiger partial charge in [0, 0.05) is 23.6 Å². The van der Waals surface area contributed by atoms with Crippen molar-refractivity contribution >= 4 is 5.69 Å². The second-order valence-electron chi connectivity index (χ2n) is 3.35. The van der Waals surface area contributed by atoms with Crippen LogP contribution in [0.1, 0.15) is 18.4 Å². The van der Waals surface area contributed by atoms with Crippen LogP contribution < -0.4 is 0 Å². The maximum atomic E-state index is 10.5. The first-order valence-corrected chi connectivity index (χ1v) is 4.52. The second kappa shape index (κ2) is 3.51. The van der Waals surface area contributed by atoms with E-state index in [4.69, 9.17) is 0 Å². The SMILES string of the molecule is O=[N+]([O-])c1cccc(C#CC2CC2)c1. The molecule has 2 rings (SSSR count). The molecule has 0 aliphatic heterocycles. The van der Waals surface area contributed by atoms with E-state index < -0.39 is 4.92 Å². The van der Waals surface area contributed by atoms with Gasteiger partial charge in [-0.25, -0.2) is 0 Å². The minimum absolute atomic E-state index is 0.104. The predicted octanol–water partition coefficient (Wildman–Crippen LogP) is 2.36. The molecule has 0 N–H and O–H groups in total. The van der Waals surface area contributed by atoms with Gasteiger partial charge >= 0.3 is 0 Å². The van der Waals surface area contributed by atoms with Crippen LogP contribution in [0, 0.1) is 27.9 Å². The number of nitrogens with zero attached hydrogens (tertiary/aromatic N) is 1. The van der Waals surface area contributed by atoms with Crippen LogP contribution in [0.3, 0.4) is 0 Å². The number of rotatable bonds is 1. The Balaban J connectivity index is 2.22. The van der Waals surface area contributed by atoms with Crippen LogP contribution in [0.5, 0.6) is 0 Å². The van der Waals surface area contributed by atoms with Gasteiger partial charge in [-0.3, -0.25) is 10.1 Å². The molecule has 1 aromatic rings. The molecule has 0 spiro atoms. The van der Waals surface area contributed by atoms with E-state index in [1.54, 1.807) is 12.1 Å². The molecule has 0 unspecified atom stereocenters. The van der Waals surface area contributed by atoms with Crippen LogP contribution in [-0.2, 0) is 0 Å². The molecule has 0 aromatic heterocycles. The summed E-state index contributed by atoms with van der Waals surface area (Å²) in [5.41, 5.74) is 0.832. The molecule has 1 saturated carbocycles. The highest BCUT2D eigenvalue weighted by molar-refractivity contribution is 5.43. The molecule has 0 heterocycles. The number of hydrogen-bond donors (Lipinski definition) is 0. The molecule has 0 amide bonds. The third-order valence-electron chi connectivity index (χ3n) is 2.05. The van der Waals surface area contributed by atoms with E-state index in [-0.39, 0.29) is 5.69 Å². The summed E-state index contributed by atoms with van der Waals surface area (Å²) in [5, 5.41) is 10.5. The zero-order valence-electron chi connectivity index (χ0n) is 7.56. The van der Waals surface area contributed by atoms with Gasteiger partial charge in [-0.05, 0) is 18.9 Å². The lowest BCUT2D eigenvalue weighted by molar-refractivity contribution is -0.384. The van der Waals surface area contributed by atoms with Crippen molar-refractivity contribution in [3.05, 3.63) is 39.9 Å². The fraction of sp³-hybridized carbons (Fsp3) is 0.273. The molecule has 3 heteroatoms. The minimum Gasteiger partial charge on any atom is -0.258 e. The van der Waals surface area contributed by atoms with E-state index in [2.05, 4.69) is 11.8 Å². The van der Waals surface area contributed by atoms with Crippen molar-refractivity contribution in [1.29, 1.82) is 0 Å². The van der Waals surface area contributed by atoms with Gasteiger partial charge in [0.15, 0.2) is 0 Å². The van der Waals surface area contributed by atoms with Gasteiger partial charge in [-0.15, -0.1) is 0 Å². The van der Waals surface area contributed by atoms with Crippen LogP contribution in [0.2, 0.25) is 0 Å². The van der Waals surface area contributed by atoms with Crippen LogP contribution in [0.15, 0.2) is 24.3 Å². The van der Waals surface area contributed by atoms with Crippen molar-refractivity contribution in [3.63, 3.8) is 0 Å². The predicted molar refractivity (Wildman–Crippen MR) is 52.7 cm³/mol. The maximum Gasteiger partial charge on any atom is 0.270 e. The number of nitro groups is 1. The molecule has 1 fully saturated rings. The van der Waals surface area contributed by atoms with E-state index in [1.165, 1.54) is 25.0 Å². The van der Waals surface area contributed by atoms with Crippen LogP contribution in [0.4, 0.5) is 5.69 Å². The highest BCUT2D eigenvalue weighted by Crippen LogP contribution is 2.27. The first kappa shape index (κ1) is 8.76. The Kier molecular flexibility index (Phi) is 2.19. The van der Waals surface area contributed by atoms with Gasteiger partial charge < -0.3 is 0 Å². The Bertz CT molecular complexity index is 424. The molecular formula is C11H9NO2. The Morgan fingerprint density at radius 3 is 2.86 bits per heavy atom. The number of benzene rings is 1. The number of hydrogen-bond acceptors (Lipinski definition) is 2. The van der Waals surface area contributed by atoms with Gasteiger partial charge in [0.2, 0.25) is 0 Å². The van der Waals surface area contributed by atoms with Crippen molar-refractivity contribution in [1.82, 2.24) is 0 Å². The third kappa shape index (κ3) is 2.11. The normalized spacial score (nSPS) is 14.3. The average molecular weight is 187 g/mol. The van der Waals surface area contributed by atoms with Crippen LogP contribution >= 0.6 is 0 Å². The average Bonchev–Trinajstić information content (AvgIpc) is 2.99. The summed E-state index contributed by atoms with van der Waals surface area (Å²) < 4.78 is 0. The van der Waals surface area contributed by atoms with Crippen molar-refractivity contribution in [3.8, 4) is 11.8 Å². The fourth-order valence-corrected chi connectivity index (χ4v) is 1.11. The van der Waals surface area contributed by atoms with Crippen molar-refractivity contribution in [2.75, 3.05) is 0 Å². The standard InChI is InChI=1S/C11H9NO2/c13-12(14)11-3-1-2-10(8-11)7-6-9-4-5-9/h1-3,8-9H,4-5H2. The highest BCUT2D eigenvalue weighted by atomic mass is 16.6. The summed E-state index contributed by atoms with van der Waals surface area (Å²) >= 11 is 0.